The van der Waals surface area contributed by atoms with Gasteiger partial charge in [0.05, 0.1) is 19.2 Å². The number of methoxy groups -OCH3 is 1. The molecule has 0 spiro atoms. The predicted octanol–water partition coefficient (Wildman–Crippen LogP) is 6.70. The predicted molar refractivity (Wildman–Crippen MR) is 187 cm³/mol. The molecule has 0 amide bonds. The molecule has 1 aliphatic heterocycles. The van der Waals surface area contributed by atoms with Crippen molar-refractivity contribution in [3.8, 4) is 44.9 Å². The van der Waals surface area contributed by atoms with Gasteiger partial charge in [0.15, 0.2) is 22.7 Å². The maximum atomic E-state index is 13.4. The summed E-state index contributed by atoms with van der Waals surface area (Å²) in [5, 5.41) is 0. The van der Waals surface area contributed by atoms with Crippen molar-refractivity contribution >= 4 is 11.6 Å². The molecule has 8 nitrogen and oxygen atoms in total. The summed E-state index contributed by atoms with van der Waals surface area (Å²) in [6.07, 6.45) is 7.29. The van der Waals surface area contributed by atoms with Crippen LogP contribution in [-0.4, -0.2) is 60.3 Å². The molecule has 0 saturated carbocycles. The molecule has 0 unspecified atom stereocenters. The van der Waals surface area contributed by atoms with E-state index in [0.717, 1.165) is 47.5 Å². The van der Waals surface area contributed by atoms with Crippen molar-refractivity contribution in [2.24, 2.45) is 0 Å². The van der Waals surface area contributed by atoms with E-state index in [9.17, 15) is 14.0 Å². The lowest BCUT2D eigenvalue weighted by Crippen LogP contribution is -2.25. The number of alkyl halides is 1. The highest BCUT2D eigenvalue weighted by molar-refractivity contribution is 5.98. The first-order valence-electron chi connectivity index (χ1n) is 16.2. The van der Waals surface area contributed by atoms with Gasteiger partial charge in [0.1, 0.15) is 19.1 Å². The minimum absolute atomic E-state index is 0.0173. The molecule has 1 fully saturated rings. The van der Waals surface area contributed by atoms with Gasteiger partial charge in [0.2, 0.25) is 0 Å². The third-order valence-corrected chi connectivity index (χ3v) is 8.72. The van der Waals surface area contributed by atoms with Crippen molar-refractivity contribution in [1.29, 1.82) is 0 Å². The molecule has 0 radical (unpaired) electrons. The highest BCUT2D eigenvalue weighted by atomic mass is 19.1. The molecule has 6 rings (SSSR count). The zero-order chi connectivity index (χ0) is 33.5. The quantitative estimate of drug-likeness (QED) is 0.142. The molecule has 2 aromatic heterocycles. The smallest absolute Gasteiger partial charge is 0.200 e. The van der Waals surface area contributed by atoms with Gasteiger partial charge in [-0.1, -0.05) is 60.7 Å². The number of aryl methyl sites for hydroxylation is 1. The maximum absolute atomic E-state index is 13.4. The molecule has 3 heterocycles. The van der Waals surface area contributed by atoms with E-state index in [0.29, 0.717) is 35.1 Å². The standard InChI is InChI=1S/C39H39FN4O4/c1-47-37-23-30(13-14-36(37)48-20-19-43-16-5-6-17-43)31-22-32(39(41)42-24-31)29-11-9-27(10-12-29)21-35(45)34-26-44(18-15-40)25-33(38(34)46)28-7-3-2-4-8-28/h2-4,7-14,22-26H,5-6,15-21H2,1H3,(H2,41,42). The average molecular weight is 647 g/mol. The van der Waals surface area contributed by atoms with Gasteiger partial charge in [-0.3, -0.25) is 14.5 Å². The molecule has 1 aliphatic rings. The van der Waals surface area contributed by atoms with Gasteiger partial charge >= 0.3 is 0 Å². The summed E-state index contributed by atoms with van der Waals surface area (Å²) < 4.78 is 26.5. The van der Waals surface area contributed by atoms with Crippen molar-refractivity contribution in [1.82, 2.24) is 14.5 Å². The topological polar surface area (TPSA) is 99.7 Å². The number of carbonyl (C=O) groups excluding carboxylic acids is 1. The van der Waals surface area contributed by atoms with Gasteiger partial charge < -0.3 is 19.8 Å². The zero-order valence-electron chi connectivity index (χ0n) is 27.0. The summed E-state index contributed by atoms with van der Waals surface area (Å²) in [7, 11) is 1.63. The average Bonchev–Trinajstić information content (AvgIpc) is 3.64. The Bertz CT molecular complexity index is 1940. The largest absolute Gasteiger partial charge is 0.493 e. The van der Waals surface area contributed by atoms with Crippen LogP contribution in [0.1, 0.15) is 28.8 Å². The van der Waals surface area contributed by atoms with E-state index in [1.807, 2.05) is 66.7 Å². The van der Waals surface area contributed by atoms with Crippen LogP contribution in [0.5, 0.6) is 11.5 Å². The summed E-state index contributed by atoms with van der Waals surface area (Å²) in [6.45, 7) is 3.18. The van der Waals surface area contributed by atoms with Gasteiger partial charge in [-0.25, -0.2) is 9.37 Å². The van der Waals surface area contributed by atoms with Crippen LogP contribution < -0.4 is 20.6 Å². The van der Waals surface area contributed by atoms with Crippen LogP contribution in [0.3, 0.4) is 0 Å². The molecule has 0 atom stereocenters. The zero-order valence-corrected chi connectivity index (χ0v) is 27.0. The van der Waals surface area contributed by atoms with E-state index in [2.05, 4.69) is 9.88 Å². The first kappa shape index (κ1) is 32.7. The number of likely N-dealkylation sites (tertiary alicyclic amines) is 1. The lowest BCUT2D eigenvalue weighted by molar-refractivity contribution is 0.0991. The fourth-order valence-corrected chi connectivity index (χ4v) is 6.08. The Hall–Kier alpha value is -5.28. The van der Waals surface area contributed by atoms with Gasteiger partial charge in [-0.15, -0.1) is 0 Å². The van der Waals surface area contributed by atoms with Crippen molar-refractivity contribution in [3.63, 3.8) is 0 Å². The number of hydrogen-bond donors (Lipinski definition) is 1. The minimum atomic E-state index is -0.613. The van der Waals surface area contributed by atoms with E-state index >= 15 is 0 Å². The van der Waals surface area contributed by atoms with Crippen LogP contribution in [-0.2, 0) is 13.0 Å². The second-order valence-electron chi connectivity index (χ2n) is 11.9. The van der Waals surface area contributed by atoms with Gasteiger partial charge in [-0.05, 0) is 66.4 Å². The number of nitrogens with two attached hydrogens (primary N) is 1. The van der Waals surface area contributed by atoms with E-state index in [1.165, 1.54) is 19.0 Å². The van der Waals surface area contributed by atoms with E-state index in [1.54, 1.807) is 36.2 Å². The third kappa shape index (κ3) is 7.47. The van der Waals surface area contributed by atoms with Crippen LogP contribution in [0.25, 0.3) is 33.4 Å². The van der Waals surface area contributed by atoms with E-state index < -0.39 is 6.67 Å². The maximum Gasteiger partial charge on any atom is 0.200 e. The summed E-state index contributed by atoms with van der Waals surface area (Å²) in [5.41, 5.74) is 11.1. The molecule has 1 saturated heterocycles. The second kappa shape index (κ2) is 15.1. The van der Waals surface area contributed by atoms with E-state index in [-0.39, 0.29) is 29.7 Å². The molecule has 48 heavy (non-hydrogen) atoms. The van der Waals surface area contributed by atoms with Gasteiger partial charge in [0.25, 0.3) is 0 Å². The monoisotopic (exact) mass is 646 g/mol. The number of nitrogen functional groups attached to an aromatic ring is 1. The number of halogens is 1. The summed E-state index contributed by atoms with van der Waals surface area (Å²) in [5.74, 6) is 1.38. The molecular weight excluding hydrogens is 607 g/mol. The van der Waals surface area contributed by atoms with Crippen molar-refractivity contribution in [3.05, 3.63) is 119 Å². The number of pyridine rings is 2. The lowest BCUT2D eigenvalue weighted by Gasteiger charge is -2.17. The first-order valence-corrected chi connectivity index (χ1v) is 16.2. The number of anilines is 1. The number of Topliss-reactive ketones (excluding diaryl/α,β-unsaturated/α-hetero) is 1. The number of aromatic nitrogens is 2. The molecular formula is C39H39FN4O4. The first-order chi connectivity index (χ1) is 23.4. The number of hydrogen-bond acceptors (Lipinski definition) is 7. The summed E-state index contributed by atoms with van der Waals surface area (Å²) in [6, 6.07) is 24.4. The van der Waals surface area contributed by atoms with Crippen LogP contribution >= 0.6 is 0 Å². The Balaban J connectivity index is 1.19. The van der Waals surface area contributed by atoms with Gasteiger partial charge in [0, 0.05) is 48.2 Å². The molecule has 0 aliphatic carbocycles. The van der Waals surface area contributed by atoms with Crippen molar-refractivity contribution in [2.75, 3.05) is 45.8 Å². The third-order valence-electron chi connectivity index (χ3n) is 8.72. The number of rotatable bonds is 13. The SMILES string of the molecule is COc1cc(-c2cnc(N)c(-c3ccc(CC(=O)c4cn(CCF)cc(-c5ccccc5)c4=O)cc3)c2)ccc1OCCN1CCCC1. The summed E-state index contributed by atoms with van der Waals surface area (Å²) >= 11 is 0. The highest BCUT2D eigenvalue weighted by Gasteiger charge is 2.18. The van der Waals surface area contributed by atoms with E-state index in [4.69, 9.17) is 15.2 Å². The fourth-order valence-electron chi connectivity index (χ4n) is 6.08. The number of ether oxygens (including phenoxy) is 2. The molecule has 0 bridgehead atoms. The minimum Gasteiger partial charge on any atom is -0.493 e. The number of nitrogens with zero attached hydrogens (tertiary/aromatic N) is 3. The molecule has 3 aromatic carbocycles. The molecule has 246 valence electrons. The van der Waals surface area contributed by atoms with Crippen LogP contribution in [0.15, 0.2) is 102 Å². The van der Waals surface area contributed by atoms with Crippen LogP contribution in [0.4, 0.5) is 10.2 Å². The Kier molecular flexibility index (Phi) is 10.3. The Morgan fingerprint density at radius 3 is 2.31 bits per heavy atom. The normalized spacial score (nSPS) is 13.0. The Morgan fingerprint density at radius 1 is 0.854 bits per heavy atom. The van der Waals surface area contributed by atoms with Crippen molar-refractivity contribution < 1.29 is 18.7 Å². The Morgan fingerprint density at radius 2 is 1.58 bits per heavy atom. The van der Waals surface area contributed by atoms with Gasteiger partial charge in [-0.2, -0.15) is 0 Å². The van der Waals surface area contributed by atoms with Crippen molar-refractivity contribution in [2.45, 2.75) is 25.8 Å². The molecule has 2 N–H and O–H groups in total. The Labute approximate surface area is 279 Å². The highest BCUT2D eigenvalue weighted by Crippen LogP contribution is 2.35. The molecule has 9 heteroatoms. The lowest BCUT2D eigenvalue weighted by atomic mass is 9.97. The second-order valence-corrected chi connectivity index (χ2v) is 11.9. The number of carbonyl (C=O) groups is 1. The van der Waals surface area contributed by atoms with Crippen LogP contribution in [0, 0.1) is 0 Å². The number of benzene rings is 3. The molecule has 5 aromatic rings. The fraction of sp³-hybridized carbons (Fsp3) is 0.256. The van der Waals surface area contributed by atoms with Crippen LogP contribution in [0.2, 0.25) is 0 Å². The number of ketones is 1. The summed E-state index contributed by atoms with van der Waals surface area (Å²) in [4.78, 5) is 33.7.